The van der Waals surface area contributed by atoms with E-state index >= 15 is 0 Å². The van der Waals surface area contributed by atoms with Gasteiger partial charge in [0, 0.05) is 6.42 Å². The molecule has 0 aromatic rings. The molecule has 0 bridgehead atoms. The second kappa shape index (κ2) is 56.2. The minimum atomic E-state index is -4.57. The number of hydrogen-bond acceptors (Lipinski definition) is 6. The Morgan fingerprint density at radius 1 is 0.425 bits per heavy atom. The smallest absolute Gasteiger partial charge is 0.268 e. The molecule has 8 nitrogen and oxygen atoms in total. The van der Waals surface area contributed by atoms with Gasteiger partial charge in [-0.1, -0.05) is 335 Å². The predicted octanol–water partition coefficient (Wildman–Crippen LogP) is 19.8. The number of hydrogen-bond donors (Lipinski definition) is 2. The molecule has 1 amide bonds. The lowest BCUT2D eigenvalue weighted by Crippen LogP contribution is -2.46. The van der Waals surface area contributed by atoms with Crippen LogP contribution in [0.1, 0.15) is 354 Å². The number of unbranched alkanes of at least 4 members (excludes halogenated alkanes) is 49. The third kappa shape index (κ3) is 59.0. The van der Waals surface area contributed by atoms with Gasteiger partial charge in [0.2, 0.25) is 5.91 Å². The summed E-state index contributed by atoms with van der Waals surface area (Å²) in [4.78, 5) is 25.6. The first kappa shape index (κ1) is 72.5. The first-order chi connectivity index (χ1) is 35.5. The van der Waals surface area contributed by atoms with Crippen molar-refractivity contribution in [2.24, 2.45) is 0 Å². The van der Waals surface area contributed by atoms with E-state index < -0.39 is 20.0 Å². The molecule has 0 aromatic carbocycles. The number of carbonyl (C=O) groups is 1. The third-order valence-corrected chi connectivity index (χ3v) is 16.6. The van der Waals surface area contributed by atoms with E-state index in [1.54, 1.807) is 0 Å². The second-order valence-corrected chi connectivity index (χ2v) is 25.6. The average molecular weight is 1060 g/mol. The molecule has 0 fully saturated rings. The Hall–Kier alpha value is -0.500. The Morgan fingerprint density at radius 3 is 0.932 bits per heavy atom. The molecule has 0 aliphatic carbocycles. The van der Waals surface area contributed by atoms with Crippen LogP contribution in [0, 0.1) is 0 Å². The summed E-state index contributed by atoms with van der Waals surface area (Å²) in [6.45, 7) is 4.79. The number of nitrogens with one attached hydrogen (secondary N) is 1. The number of phosphoric ester groups is 1. The molecule has 3 atom stereocenters. The van der Waals surface area contributed by atoms with Crippen molar-refractivity contribution in [3.05, 3.63) is 0 Å². The molecule has 0 rings (SSSR count). The summed E-state index contributed by atoms with van der Waals surface area (Å²) < 4.78 is 23.5. The maximum absolute atomic E-state index is 13.0. The van der Waals surface area contributed by atoms with E-state index in [1.165, 1.54) is 289 Å². The summed E-state index contributed by atoms with van der Waals surface area (Å²) in [6, 6.07) is -0.795. The van der Waals surface area contributed by atoms with E-state index in [1.807, 2.05) is 21.1 Å². The van der Waals surface area contributed by atoms with Crippen molar-refractivity contribution >= 4 is 13.7 Å². The van der Waals surface area contributed by atoms with Crippen LogP contribution in [0.5, 0.6) is 0 Å². The lowest BCUT2D eigenvalue weighted by molar-refractivity contribution is -0.870. The molecule has 1 unspecified atom stereocenters. The molecule has 0 saturated heterocycles. The molecule has 438 valence electrons. The quantitative estimate of drug-likeness (QED) is 0.0357. The molecule has 0 aliphatic rings. The van der Waals surface area contributed by atoms with E-state index in [2.05, 4.69) is 19.2 Å². The van der Waals surface area contributed by atoms with Crippen LogP contribution < -0.4 is 10.2 Å². The van der Waals surface area contributed by atoms with Crippen LogP contribution in [0.3, 0.4) is 0 Å². The molecular formula is C64H131N2O6P. The zero-order chi connectivity index (χ0) is 53.5. The number of amides is 1. The number of aliphatic hydroxyl groups is 1. The van der Waals surface area contributed by atoms with Gasteiger partial charge in [0.25, 0.3) is 7.82 Å². The van der Waals surface area contributed by atoms with Gasteiger partial charge in [-0.25, -0.2) is 0 Å². The van der Waals surface area contributed by atoms with Gasteiger partial charge in [0.05, 0.1) is 39.9 Å². The predicted molar refractivity (Wildman–Crippen MR) is 316 cm³/mol. The summed E-state index contributed by atoms with van der Waals surface area (Å²) in [5.41, 5.74) is 0. The van der Waals surface area contributed by atoms with Crippen molar-refractivity contribution in [3.63, 3.8) is 0 Å². The lowest BCUT2D eigenvalue weighted by Gasteiger charge is -2.30. The molecule has 0 aliphatic heterocycles. The summed E-state index contributed by atoms with van der Waals surface area (Å²) >= 11 is 0. The van der Waals surface area contributed by atoms with E-state index in [0.717, 1.165) is 38.5 Å². The highest BCUT2D eigenvalue weighted by molar-refractivity contribution is 7.45. The van der Waals surface area contributed by atoms with Gasteiger partial charge in [0.1, 0.15) is 13.2 Å². The Bertz CT molecular complexity index is 1150. The van der Waals surface area contributed by atoms with Crippen molar-refractivity contribution < 1.29 is 32.9 Å². The van der Waals surface area contributed by atoms with Crippen molar-refractivity contribution in [3.8, 4) is 0 Å². The normalized spacial score (nSPS) is 13.7. The van der Waals surface area contributed by atoms with Gasteiger partial charge in [-0.2, -0.15) is 0 Å². The number of aliphatic hydroxyl groups excluding tert-OH is 1. The molecule has 0 aromatic heterocycles. The monoisotopic (exact) mass is 1050 g/mol. The van der Waals surface area contributed by atoms with Crippen LogP contribution in [0.2, 0.25) is 0 Å². The number of rotatable bonds is 62. The van der Waals surface area contributed by atoms with Gasteiger partial charge in [-0.05, 0) is 12.8 Å². The zero-order valence-electron chi connectivity index (χ0n) is 50.1. The third-order valence-electron chi connectivity index (χ3n) is 15.6. The highest BCUT2D eigenvalue weighted by Crippen LogP contribution is 2.38. The molecule has 73 heavy (non-hydrogen) atoms. The lowest BCUT2D eigenvalue weighted by atomic mass is 10.0. The molecule has 0 heterocycles. The van der Waals surface area contributed by atoms with Crippen molar-refractivity contribution in [1.82, 2.24) is 5.32 Å². The van der Waals surface area contributed by atoms with Gasteiger partial charge in [-0.3, -0.25) is 9.36 Å². The number of phosphoric acid groups is 1. The maximum Gasteiger partial charge on any atom is 0.268 e. The molecule has 0 spiro atoms. The van der Waals surface area contributed by atoms with Crippen LogP contribution >= 0.6 is 7.82 Å². The molecule has 0 radical (unpaired) electrons. The number of quaternary nitrogens is 1. The fraction of sp³-hybridized carbons (Fsp3) is 0.984. The van der Waals surface area contributed by atoms with Crippen LogP contribution in [0.15, 0.2) is 0 Å². The van der Waals surface area contributed by atoms with E-state index in [9.17, 15) is 19.4 Å². The van der Waals surface area contributed by atoms with Gasteiger partial charge in [0.15, 0.2) is 0 Å². The minimum Gasteiger partial charge on any atom is -0.756 e. The van der Waals surface area contributed by atoms with Crippen molar-refractivity contribution in [2.45, 2.75) is 366 Å². The maximum atomic E-state index is 13.0. The topological polar surface area (TPSA) is 108 Å². The van der Waals surface area contributed by atoms with Crippen molar-refractivity contribution in [2.75, 3.05) is 40.9 Å². The minimum absolute atomic E-state index is 0.0167. The largest absolute Gasteiger partial charge is 0.756 e. The average Bonchev–Trinajstić information content (AvgIpc) is 3.35. The standard InChI is InChI=1S/C64H131N2O6P/c1-6-8-10-12-14-16-18-20-22-24-25-26-27-28-29-30-31-32-33-34-35-36-37-38-39-40-42-44-46-48-50-52-54-56-58-64(68)65-62(61-72-73(69,70)71-60-59-66(3,4)5)63(67)57-55-53-51-49-47-45-43-41-23-21-19-17-15-13-11-9-7-2/h62-63,67H,6-61H2,1-5H3,(H-,65,68,69,70)/t62-,63+/m0/s1. The SMILES string of the molecule is CCCCCCCCCCCCCCCCCCCCCCCCCCCCCCCCCCCCC(=O)N[C@@H](COP(=O)([O-])OCC[N+](C)(C)C)[C@H](O)CCCCCCCCCCCCCCCCCCC. The molecule has 9 heteroatoms. The Balaban J connectivity index is 3.92. The van der Waals surface area contributed by atoms with E-state index in [-0.39, 0.29) is 19.1 Å². The second-order valence-electron chi connectivity index (χ2n) is 24.2. The Morgan fingerprint density at radius 2 is 0.671 bits per heavy atom. The first-order valence-corrected chi connectivity index (χ1v) is 34.3. The van der Waals surface area contributed by atoms with Crippen molar-refractivity contribution in [1.29, 1.82) is 0 Å². The zero-order valence-corrected chi connectivity index (χ0v) is 51.0. The summed E-state index contributed by atoms with van der Waals surface area (Å²) in [5.74, 6) is -0.155. The highest BCUT2D eigenvalue weighted by atomic mass is 31.2. The van der Waals surface area contributed by atoms with Crippen LogP contribution in [0.4, 0.5) is 0 Å². The van der Waals surface area contributed by atoms with E-state index in [0.29, 0.717) is 23.9 Å². The first-order valence-electron chi connectivity index (χ1n) is 32.9. The van der Waals surface area contributed by atoms with E-state index in [4.69, 9.17) is 9.05 Å². The fourth-order valence-corrected chi connectivity index (χ4v) is 11.2. The Labute approximate surface area is 457 Å². The van der Waals surface area contributed by atoms with Gasteiger partial charge in [-0.15, -0.1) is 0 Å². The van der Waals surface area contributed by atoms with Crippen LogP contribution in [-0.4, -0.2) is 68.5 Å². The summed E-state index contributed by atoms with van der Waals surface area (Å²) in [6.07, 6.45) is 68.9. The molecular weight excluding hydrogens is 924 g/mol. The molecule has 2 N–H and O–H groups in total. The molecule has 0 saturated carbocycles. The van der Waals surface area contributed by atoms with Gasteiger partial charge >= 0.3 is 0 Å². The van der Waals surface area contributed by atoms with Gasteiger partial charge < -0.3 is 28.8 Å². The summed E-state index contributed by atoms with van der Waals surface area (Å²) in [5, 5.41) is 14.0. The highest BCUT2D eigenvalue weighted by Gasteiger charge is 2.24. The number of nitrogens with zero attached hydrogens (tertiary/aromatic N) is 1. The Kier molecular flexibility index (Phi) is 55.8. The fourth-order valence-electron chi connectivity index (χ4n) is 10.5. The van der Waals surface area contributed by atoms with Crippen LogP contribution in [0.25, 0.3) is 0 Å². The summed E-state index contributed by atoms with van der Waals surface area (Å²) in [7, 11) is 1.33. The number of carbonyl (C=O) groups excluding carboxylic acids is 1. The van der Waals surface area contributed by atoms with Crippen LogP contribution in [-0.2, 0) is 18.4 Å². The number of likely N-dealkylation sites (N-methyl/N-ethyl adjacent to an activating group) is 1.